The number of hydrogen-bond donors (Lipinski definition) is 2. The summed E-state index contributed by atoms with van der Waals surface area (Å²) in [4.78, 5) is 26.6. The molecule has 2 amide bonds. The number of anilines is 1. The lowest BCUT2D eigenvalue weighted by atomic mass is 9.96. The Morgan fingerprint density at radius 1 is 1.23 bits per heavy atom. The number of nitrogens with one attached hydrogen (secondary N) is 2. The summed E-state index contributed by atoms with van der Waals surface area (Å²) in [6.45, 7) is 8.63. The number of halogens is 1. The summed E-state index contributed by atoms with van der Waals surface area (Å²) in [6.07, 6.45) is 2.60. The Morgan fingerprint density at radius 3 is 2.42 bits per heavy atom. The van der Waals surface area contributed by atoms with E-state index in [9.17, 15) is 9.59 Å². The summed E-state index contributed by atoms with van der Waals surface area (Å²) in [6, 6.07) is 5.54. The number of rotatable bonds is 6. The lowest BCUT2D eigenvalue weighted by molar-refractivity contribution is -0.116. The standard InChI is InChI=1S/C20H31N3O2.ClH/c1-14(2)11-19(24)22-18-6-5-17(12-15(18)3)20(25)23-9-7-16(8-10-23)13-21-4;/h5-6,12,14,16,21H,7-11,13H2,1-4H3,(H,22,24);1H. The summed E-state index contributed by atoms with van der Waals surface area (Å²) in [7, 11) is 1.97. The number of benzene rings is 1. The van der Waals surface area contributed by atoms with Crippen LogP contribution in [0.2, 0.25) is 0 Å². The van der Waals surface area contributed by atoms with Crippen LogP contribution in [0, 0.1) is 18.8 Å². The molecule has 0 radical (unpaired) electrons. The SMILES string of the molecule is CNCC1CCN(C(=O)c2ccc(NC(=O)CC(C)C)c(C)c2)CC1.Cl. The number of nitrogens with zero attached hydrogens (tertiary/aromatic N) is 1. The van der Waals surface area contributed by atoms with Crippen LogP contribution >= 0.6 is 12.4 Å². The third kappa shape index (κ3) is 6.29. The van der Waals surface area contributed by atoms with Gasteiger partial charge in [0.15, 0.2) is 0 Å². The molecule has 0 unspecified atom stereocenters. The van der Waals surface area contributed by atoms with Crippen molar-refractivity contribution in [3.8, 4) is 0 Å². The van der Waals surface area contributed by atoms with Crippen LogP contribution in [0.5, 0.6) is 0 Å². The molecule has 26 heavy (non-hydrogen) atoms. The highest BCUT2D eigenvalue weighted by molar-refractivity contribution is 5.96. The zero-order valence-electron chi connectivity index (χ0n) is 16.3. The van der Waals surface area contributed by atoms with E-state index >= 15 is 0 Å². The monoisotopic (exact) mass is 381 g/mol. The number of likely N-dealkylation sites (tertiary alicyclic amines) is 1. The van der Waals surface area contributed by atoms with Crippen LogP contribution in [0.15, 0.2) is 18.2 Å². The smallest absolute Gasteiger partial charge is 0.253 e. The van der Waals surface area contributed by atoms with Crippen LogP contribution in [0.1, 0.15) is 49.0 Å². The number of amides is 2. The van der Waals surface area contributed by atoms with Gasteiger partial charge < -0.3 is 15.5 Å². The molecule has 1 aliphatic heterocycles. The van der Waals surface area contributed by atoms with Crippen molar-refractivity contribution in [3.63, 3.8) is 0 Å². The van der Waals surface area contributed by atoms with Crippen molar-refractivity contribution in [2.75, 3.05) is 32.0 Å². The molecule has 0 saturated carbocycles. The second-order valence-corrected chi connectivity index (χ2v) is 7.47. The Morgan fingerprint density at radius 2 is 1.88 bits per heavy atom. The van der Waals surface area contributed by atoms with Gasteiger partial charge in [-0.3, -0.25) is 9.59 Å². The zero-order valence-corrected chi connectivity index (χ0v) is 17.1. The molecule has 1 aromatic carbocycles. The van der Waals surface area contributed by atoms with Crippen LogP contribution in [-0.2, 0) is 4.79 Å². The molecule has 0 spiro atoms. The van der Waals surface area contributed by atoms with Crippen molar-refractivity contribution in [1.29, 1.82) is 0 Å². The second kappa shape index (κ2) is 10.5. The average Bonchev–Trinajstić information content (AvgIpc) is 2.56. The Balaban J connectivity index is 0.00000338. The lowest BCUT2D eigenvalue weighted by Gasteiger charge is -2.32. The summed E-state index contributed by atoms with van der Waals surface area (Å²) < 4.78 is 0. The molecular formula is C20H32ClN3O2. The van der Waals surface area contributed by atoms with Crippen LogP contribution in [0.25, 0.3) is 0 Å². The normalized spacial score (nSPS) is 14.9. The van der Waals surface area contributed by atoms with E-state index in [4.69, 9.17) is 0 Å². The Bertz CT molecular complexity index is 611. The Labute approximate surface area is 163 Å². The molecule has 1 aromatic rings. The maximum atomic E-state index is 12.7. The first kappa shape index (κ1) is 22.5. The predicted octanol–water partition coefficient (Wildman–Crippen LogP) is 3.47. The molecule has 2 rings (SSSR count). The van der Waals surface area contributed by atoms with Gasteiger partial charge in [-0.05, 0) is 69.0 Å². The van der Waals surface area contributed by atoms with Crippen LogP contribution in [0.3, 0.4) is 0 Å². The first-order chi connectivity index (χ1) is 11.9. The van der Waals surface area contributed by atoms with Crippen LogP contribution in [-0.4, -0.2) is 43.4 Å². The van der Waals surface area contributed by atoms with Gasteiger partial charge in [-0.15, -0.1) is 12.4 Å². The minimum absolute atomic E-state index is 0. The predicted molar refractivity (Wildman–Crippen MR) is 109 cm³/mol. The van der Waals surface area contributed by atoms with Gasteiger partial charge in [0, 0.05) is 30.8 Å². The zero-order chi connectivity index (χ0) is 18.4. The fourth-order valence-corrected chi connectivity index (χ4v) is 3.32. The molecule has 1 heterocycles. The number of carbonyl (C=O) groups excluding carboxylic acids is 2. The molecule has 146 valence electrons. The molecule has 0 aromatic heterocycles. The van der Waals surface area contributed by atoms with Gasteiger partial charge in [-0.1, -0.05) is 13.8 Å². The van der Waals surface area contributed by atoms with Crippen molar-refractivity contribution in [1.82, 2.24) is 10.2 Å². The number of carbonyl (C=O) groups is 2. The van der Waals surface area contributed by atoms with E-state index in [2.05, 4.69) is 10.6 Å². The maximum Gasteiger partial charge on any atom is 0.253 e. The molecule has 0 atom stereocenters. The van der Waals surface area contributed by atoms with Gasteiger partial charge in [0.2, 0.25) is 5.91 Å². The van der Waals surface area contributed by atoms with Gasteiger partial charge in [0.05, 0.1) is 0 Å². The van der Waals surface area contributed by atoms with E-state index in [1.807, 2.05) is 50.9 Å². The quantitative estimate of drug-likeness (QED) is 0.793. The van der Waals surface area contributed by atoms with Crippen molar-refractivity contribution in [2.24, 2.45) is 11.8 Å². The van der Waals surface area contributed by atoms with E-state index in [1.54, 1.807) is 0 Å². The number of hydrogen-bond acceptors (Lipinski definition) is 3. The fraction of sp³-hybridized carbons (Fsp3) is 0.600. The molecule has 0 bridgehead atoms. The summed E-state index contributed by atoms with van der Waals surface area (Å²) in [5.74, 6) is 1.09. The van der Waals surface area contributed by atoms with Crippen LogP contribution < -0.4 is 10.6 Å². The lowest BCUT2D eigenvalue weighted by Crippen LogP contribution is -2.40. The summed E-state index contributed by atoms with van der Waals surface area (Å²) >= 11 is 0. The molecule has 2 N–H and O–H groups in total. The first-order valence-corrected chi connectivity index (χ1v) is 9.25. The molecule has 0 aliphatic carbocycles. The van der Waals surface area contributed by atoms with E-state index in [1.165, 1.54) is 0 Å². The first-order valence-electron chi connectivity index (χ1n) is 9.25. The Kier molecular flexibility index (Phi) is 9.09. The Hall–Kier alpha value is -1.59. The summed E-state index contributed by atoms with van der Waals surface area (Å²) in [5.41, 5.74) is 2.41. The molecule has 6 heteroatoms. The molecular weight excluding hydrogens is 350 g/mol. The minimum atomic E-state index is 0. The summed E-state index contributed by atoms with van der Waals surface area (Å²) in [5, 5.41) is 6.15. The fourth-order valence-electron chi connectivity index (χ4n) is 3.32. The van der Waals surface area contributed by atoms with Gasteiger partial charge in [-0.2, -0.15) is 0 Å². The highest BCUT2D eigenvalue weighted by atomic mass is 35.5. The van der Waals surface area contributed by atoms with Crippen molar-refractivity contribution in [3.05, 3.63) is 29.3 Å². The molecule has 1 fully saturated rings. The third-order valence-electron chi connectivity index (χ3n) is 4.74. The van der Waals surface area contributed by atoms with Gasteiger partial charge in [-0.25, -0.2) is 0 Å². The molecule has 1 saturated heterocycles. The maximum absolute atomic E-state index is 12.7. The second-order valence-electron chi connectivity index (χ2n) is 7.47. The molecule has 1 aliphatic rings. The van der Waals surface area contributed by atoms with E-state index in [0.29, 0.717) is 23.8 Å². The van der Waals surface area contributed by atoms with E-state index < -0.39 is 0 Å². The highest BCUT2D eigenvalue weighted by Gasteiger charge is 2.23. The topological polar surface area (TPSA) is 61.4 Å². The van der Waals surface area contributed by atoms with Crippen LogP contribution in [0.4, 0.5) is 5.69 Å². The third-order valence-corrected chi connectivity index (χ3v) is 4.74. The number of piperidine rings is 1. The van der Waals surface area contributed by atoms with Crippen molar-refractivity contribution in [2.45, 2.75) is 40.0 Å². The average molecular weight is 382 g/mol. The number of aryl methyl sites for hydroxylation is 1. The highest BCUT2D eigenvalue weighted by Crippen LogP contribution is 2.22. The largest absolute Gasteiger partial charge is 0.339 e. The van der Waals surface area contributed by atoms with E-state index in [0.717, 1.165) is 43.7 Å². The molecule has 5 nitrogen and oxygen atoms in total. The van der Waals surface area contributed by atoms with Gasteiger partial charge in [0.1, 0.15) is 0 Å². The van der Waals surface area contributed by atoms with Crippen molar-refractivity contribution < 1.29 is 9.59 Å². The van der Waals surface area contributed by atoms with Crippen molar-refractivity contribution >= 4 is 29.9 Å². The van der Waals surface area contributed by atoms with Gasteiger partial charge >= 0.3 is 0 Å². The van der Waals surface area contributed by atoms with Gasteiger partial charge in [0.25, 0.3) is 5.91 Å². The minimum Gasteiger partial charge on any atom is -0.339 e. The van der Waals surface area contributed by atoms with E-state index in [-0.39, 0.29) is 24.2 Å².